The Balaban J connectivity index is 1.72. The number of hydrogen-bond acceptors (Lipinski definition) is 7. The summed E-state index contributed by atoms with van der Waals surface area (Å²) in [6.07, 6.45) is 3.91. The molecule has 0 saturated heterocycles. The molecule has 0 unspecified atom stereocenters. The number of carbonyl (C=O) groups is 1. The molecule has 9 heteroatoms. The van der Waals surface area contributed by atoms with Gasteiger partial charge >= 0.3 is 0 Å². The molecule has 1 fully saturated rings. The molecule has 0 spiro atoms. The van der Waals surface area contributed by atoms with Crippen molar-refractivity contribution in [3.63, 3.8) is 0 Å². The Kier molecular flexibility index (Phi) is 6.45. The van der Waals surface area contributed by atoms with Crippen molar-refractivity contribution in [3.05, 3.63) is 34.6 Å². The summed E-state index contributed by atoms with van der Waals surface area (Å²) in [4.78, 5) is 28.8. The van der Waals surface area contributed by atoms with E-state index in [4.69, 9.17) is 9.47 Å². The average Bonchev–Trinajstić information content (AvgIpc) is 3.19. The van der Waals surface area contributed by atoms with Crippen molar-refractivity contribution in [2.75, 3.05) is 25.3 Å². The smallest absolute Gasteiger partial charge is 0.258 e. The minimum absolute atomic E-state index is 0.0438. The summed E-state index contributed by atoms with van der Waals surface area (Å²) in [5, 5.41) is 12.8. The van der Waals surface area contributed by atoms with Gasteiger partial charge in [-0.2, -0.15) is 4.98 Å². The Labute approximate surface area is 166 Å². The molecule has 2 N–H and O–H groups in total. The minimum atomic E-state index is -0.334. The van der Waals surface area contributed by atoms with Gasteiger partial charge in [0.1, 0.15) is 11.5 Å². The first-order chi connectivity index (χ1) is 13.5. The molecule has 8 nitrogen and oxygen atoms in total. The van der Waals surface area contributed by atoms with Crippen molar-refractivity contribution in [2.24, 2.45) is 0 Å². The molecule has 28 heavy (non-hydrogen) atoms. The second-order valence-corrected chi connectivity index (χ2v) is 7.42. The molecule has 1 aromatic carbocycles. The van der Waals surface area contributed by atoms with E-state index in [1.54, 1.807) is 22.8 Å². The first kappa shape index (κ1) is 20.1. The van der Waals surface area contributed by atoms with Crippen molar-refractivity contribution >= 4 is 23.4 Å². The second kappa shape index (κ2) is 9.01. The lowest BCUT2D eigenvalue weighted by atomic mass is 10.2. The maximum absolute atomic E-state index is 12.4. The van der Waals surface area contributed by atoms with Crippen LogP contribution in [0.2, 0.25) is 0 Å². The molecular weight excluding hydrogens is 382 g/mol. The highest BCUT2D eigenvalue weighted by molar-refractivity contribution is 7.99. The molecule has 0 aliphatic heterocycles. The van der Waals surface area contributed by atoms with Crippen LogP contribution in [0.15, 0.2) is 34.2 Å². The first-order valence-electron chi connectivity index (χ1n) is 8.98. The van der Waals surface area contributed by atoms with Crippen molar-refractivity contribution in [1.82, 2.24) is 9.55 Å². The van der Waals surface area contributed by atoms with Gasteiger partial charge in [-0.15, -0.1) is 0 Å². The molecular formula is C19H23N3O5S. The number of benzene rings is 1. The second-order valence-electron chi connectivity index (χ2n) is 6.48. The summed E-state index contributed by atoms with van der Waals surface area (Å²) >= 11 is 1.13. The summed E-state index contributed by atoms with van der Waals surface area (Å²) in [7, 11) is 3.07. The highest BCUT2D eigenvalue weighted by Crippen LogP contribution is 2.32. The van der Waals surface area contributed by atoms with Crippen LogP contribution < -0.4 is 20.3 Å². The molecule has 1 heterocycles. The minimum Gasteiger partial charge on any atom is -0.497 e. The molecule has 1 aliphatic rings. The summed E-state index contributed by atoms with van der Waals surface area (Å²) in [5.41, 5.74) is 0.249. The number of rotatable bonds is 7. The van der Waals surface area contributed by atoms with Crippen LogP contribution in [0.3, 0.4) is 0 Å². The predicted octanol–water partition coefficient (Wildman–Crippen LogP) is 2.81. The van der Waals surface area contributed by atoms with Crippen LogP contribution in [0.5, 0.6) is 17.4 Å². The fraction of sp³-hybridized carbons (Fsp3) is 0.421. The Morgan fingerprint density at radius 1 is 1.21 bits per heavy atom. The zero-order valence-electron chi connectivity index (χ0n) is 15.8. The highest BCUT2D eigenvalue weighted by atomic mass is 32.2. The maximum atomic E-state index is 12.4. The summed E-state index contributed by atoms with van der Waals surface area (Å²) < 4.78 is 12.0. The van der Waals surface area contributed by atoms with E-state index in [1.807, 2.05) is 0 Å². The van der Waals surface area contributed by atoms with Gasteiger partial charge < -0.3 is 19.9 Å². The number of anilines is 1. The predicted molar refractivity (Wildman–Crippen MR) is 107 cm³/mol. The number of nitrogens with one attached hydrogen (secondary N) is 1. The monoisotopic (exact) mass is 405 g/mol. The molecule has 2 aromatic rings. The lowest BCUT2D eigenvalue weighted by Gasteiger charge is -2.17. The number of amides is 1. The largest absolute Gasteiger partial charge is 0.497 e. The SMILES string of the molecule is COc1cc(NC(=O)CSc2nc(O)cc(=O)n2C2CCCC2)cc(OC)c1. The van der Waals surface area contributed by atoms with Gasteiger partial charge in [0.2, 0.25) is 11.8 Å². The lowest BCUT2D eigenvalue weighted by molar-refractivity contribution is -0.113. The number of thioether (sulfide) groups is 1. The van der Waals surface area contributed by atoms with Gasteiger partial charge in [-0.25, -0.2) is 0 Å². The topological polar surface area (TPSA) is 103 Å². The Bertz CT molecular complexity index is 887. The molecule has 1 aromatic heterocycles. The van der Waals surface area contributed by atoms with Gasteiger partial charge in [0.15, 0.2) is 5.16 Å². The number of carbonyl (C=O) groups excluding carboxylic acids is 1. The van der Waals surface area contributed by atoms with E-state index in [9.17, 15) is 14.7 Å². The number of methoxy groups -OCH3 is 2. The summed E-state index contributed by atoms with van der Waals surface area (Å²) in [6.45, 7) is 0. The van der Waals surface area contributed by atoms with Crippen LogP contribution >= 0.6 is 11.8 Å². The highest BCUT2D eigenvalue weighted by Gasteiger charge is 2.22. The van der Waals surface area contributed by atoms with Crippen LogP contribution in [0.4, 0.5) is 5.69 Å². The van der Waals surface area contributed by atoms with Crippen molar-refractivity contribution in [2.45, 2.75) is 36.9 Å². The van der Waals surface area contributed by atoms with Gasteiger partial charge in [-0.05, 0) is 12.8 Å². The van der Waals surface area contributed by atoms with Gasteiger partial charge in [0, 0.05) is 29.9 Å². The van der Waals surface area contributed by atoms with Crippen LogP contribution in [0, 0.1) is 0 Å². The third-order valence-corrected chi connectivity index (χ3v) is 5.52. The molecule has 0 atom stereocenters. The van der Waals surface area contributed by atoms with Crippen LogP contribution in [-0.4, -0.2) is 40.5 Å². The van der Waals surface area contributed by atoms with E-state index in [0.29, 0.717) is 22.3 Å². The van der Waals surface area contributed by atoms with Crippen LogP contribution in [0.1, 0.15) is 31.7 Å². The van der Waals surface area contributed by atoms with Crippen LogP contribution in [-0.2, 0) is 4.79 Å². The first-order valence-corrected chi connectivity index (χ1v) is 9.97. The third kappa shape index (κ3) is 4.78. The molecule has 0 bridgehead atoms. The van der Waals surface area contributed by atoms with E-state index < -0.39 is 0 Å². The zero-order valence-corrected chi connectivity index (χ0v) is 16.6. The Hall–Kier alpha value is -2.68. The Morgan fingerprint density at radius 3 is 2.46 bits per heavy atom. The molecule has 150 valence electrons. The molecule has 0 radical (unpaired) electrons. The summed E-state index contributed by atoms with van der Waals surface area (Å²) in [5.74, 6) is 0.567. The van der Waals surface area contributed by atoms with E-state index in [1.165, 1.54) is 14.2 Å². The number of ether oxygens (including phenoxy) is 2. The van der Waals surface area contributed by atoms with E-state index in [-0.39, 0.29) is 29.1 Å². The number of nitrogens with zero attached hydrogens (tertiary/aromatic N) is 2. The van der Waals surface area contributed by atoms with Crippen molar-refractivity contribution in [1.29, 1.82) is 0 Å². The number of aromatic nitrogens is 2. The van der Waals surface area contributed by atoms with E-state index in [0.717, 1.165) is 43.5 Å². The standard InChI is InChI=1S/C19H23N3O5S/c1-26-14-7-12(8-15(9-14)27-2)20-17(24)11-28-19-21-16(23)10-18(25)22(19)13-5-3-4-6-13/h7-10,13,23H,3-6,11H2,1-2H3,(H,20,24). The molecule has 3 rings (SSSR count). The van der Waals surface area contributed by atoms with Crippen LogP contribution in [0.25, 0.3) is 0 Å². The van der Waals surface area contributed by atoms with Gasteiger partial charge in [0.25, 0.3) is 5.56 Å². The fourth-order valence-corrected chi connectivity index (χ4v) is 4.13. The fourth-order valence-electron chi connectivity index (χ4n) is 3.27. The average molecular weight is 405 g/mol. The van der Waals surface area contributed by atoms with E-state index >= 15 is 0 Å². The quantitative estimate of drug-likeness (QED) is 0.539. The normalized spacial score (nSPS) is 14.1. The van der Waals surface area contributed by atoms with Crippen molar-refractivity contribution in [3.8, 4) is 17.4 Å². The number of hydrogen-bond donors (Lipinski definition) is 2. The van der Waals surface area contributed by atoms with E-state index in [2.05, 4.69) is 10.3 Å². The lowest BCUT2D eigenvalue weighted by Crippen LogP contribution is -2.26. The van der Waals surface area contributed by atoms with Crippen molar-refractivity contribution < 1.29 is 19.4 Å². The van der Waals surface area contributed by atoms with Gasteiger partial charge in [-0.3, -0.25) is 14.2 Å². The Morgan fingerprint density at radius 2 is 1.86 bits per heavy atom. The van der Waals surface area contributed by atoms with Gasteiger partial charge in [0.05, 0.1) is 26.0 Å². The van der Waals surface area contributed by atoms with Gasteiger partial charge in [-0.1, -0.05) is 24.6 Å². The maximum Gasteiger partial charge on any atom is 0.258 e. The number of aromatic hydroxyl groups is 1. The summed E-state index contributed by atoms with van der Waals surface area (Å²) in [6, 6.07) is 6.26. The zero-order chi connectivity index (χ0) is 20.1. The molecule has 1 amide bonds. The third-order valence-electron chi connectivity index (χ3n) is 4.56. The molecule has 1 saturated carbocycles. The molecule has 1 aliphatic carbocycles.